The number of fused-ring (bicyclic) bond motifs is 1. The van der Waals surface area contributed by atoms with Crippen LogP contribution >= 0.6 is 0 Å². The highest BCUT2D eigenvalue weighted by Crippen LogP contribution is 2.36. The Bertz CT molecular complexity index is 314. The number of rotatable bonds is 4. The Labute approximate surface area is 110 Å². The summed E-state index contributed by atoms with van der Waals surface area (Å²) in [6.07, 6.45) is 7.94. The normalized spacial score (nSPS) is 30.4. The molecule has 4 heteroatoms. The summed E-state index contributed by atoms with van der Waals surface area (Å²) in [5.74, 6) is 1.28. The molecule has 2 aliphatic rings. The average Bonchev–Trinajstić information content (AvgIpc) is 2.78. The molecular weight excluding hydrogens is 226 g/mol. The summed E-state index contributed by atoms with van der Waals surface area (Å²) in [6, 6.07) is 0.807. The maximum absolute atomic E-state index is 8.80. The van der Waals surface area contributed by atoms with Gasteiger partial charge in [0.25, 0.3) is 0 Å². The van der Waals surface area contributed by atoms with Gasteiger partial charge in [-0.05, 0) is 44.7 Å². The molecule has 3 N–H and O–H groups in total. The number of nitrogens with two attached hydrogens (primary N) is 1. The smallest absolute Gasteiger partial charge is 0.144 e. The van der Waals surface area contributed by atoms with Gasteiger partial charge in [-0.3, -0.25) is 0 Å². The monoisotopic (exact) mass is 253 g/mol. The fraction of sp³-hybridized carbons (Fsp3) is 0.929. The van der Waals surface area contributed by atoms with E-state index >= 15 is 0 Å². The van der Waals surface area contributed by atoms with E-state index in [4.69, 9.17) is 10.9 Å². The molecule has 2 fully saturated rings. The summed E-state index contributed by atoms with van der Waals surface area (Å²) in [5.41, 5.74) is 5.54. The largest absolute Gasteiger partial charge is 0.409 e. The van der Waals surface area contributed by atoms with Crippen LogP contribution in [-0.2, 0) is 0 Å². The lowest BCUT2D eigenvalue weighted by molar-refractivity contribution is 0.169. The summed E-state index contributed by atoms with van der Waals surface area (Å²) in [5, 5.41) is 12.0. The van der Waals surface area contributed by atoms with E-state index in [1.54, 1.807) is 0 Å². The van der Waals surface area contributed by atoms with Gasteiger partial charge >= 0.3 is 0 Å². The highest BCUT2D eigenvalue weighted by atomic mass is 16.4. The van der Waals surface area contributed by atoms with E-state index in [1.807, 2.05) is 0 Å². The van der Waals surface area contributed by atoms with Gasteiger partial charge in [-0.1, -0.05) is 31.8 Å². The van der Waals surface area contributed by atoms with Crippen molar-refractivity contribution in [3.8, 4) is 0 Å². The molecule has 1 aliphatic heterocycles. The summed E-state index contributed by atoms with van der Waals surface area (Å²) >= 11 is 0. The van der Waals surface area contributed by atoms with Crippen molar-refractivity contribution in [2.75, 3.05) is 13.1 Å². The highest BCUT2D eigenvalue weighted by Gasteiger charge is 2.36. The molecular formula is C14H27N3O. The minimum absolute atomic E-state index is 0.207. The molecule has 0 spiro atoms. The van der Waals surface area contributed by atoms with Crippen LogP contribution in [0.5, 0.6) is 0 Å². The second-order valence-electron chi connectivity index (χ2n) is 6.56. The van der Waals surface area contributed by atoms with Crippen LogP contribution in [0.1, 0.15) is 52.4 Å². The molecule has 1 saturated carbocycles. The number of nitrogens with zero attached hydrogens (tertiary/aromatic N) is 2. The average molecular weight is 253 g/mol. The van der Waals surface area contributed by atoms with Crippen molar-refractivity contribution in [1.29, 1.82) is 0 Å². The van der Waals surface area contributed by atoms with E-state index in [0.717, 1.165) is 24.9 Å². The maximum atomic E-state index is 8.80. The van der Waals surface area contributed by atoms with Gasteiger partial charge < -0.3 is 15.8 Å². The Morgan fingerprint density at radius 1 is 1.33 bits per heavy atom. The Hall–Kier alpha value is -0.770. The third kappa shape index (κ3) is 2.79. The lowest BCUT2D eigenvalue weighted by Gasteiger charge is -2.33. The molecule has 104 valence electrons. The van der Waals surface area contributed by atoms with Gasteiger partial charge in [0.05, 0.1) is 0 Å². The number of hydrogen-bond acceptors (Lipinski definition) is 3. The number of amidine groups is 1. The Balaban J connectivity index is 1.87. The van der Waals surface area contributed by atoms with E-state index in [2.05, 4.69) is 23.9 Å². The van der Waals surface area contributed by atoms with E-state index < -0.39 is 0 Å². The predicted molar refractivity (Wildman–Crippen MR) is 73.7 cm³/mol. The van der Waals surface area contributed by atoms with E-state index in [9.17, 15) is 0 Å². The molecule has 0 aromatic rings. The Morgan fingerprint density at radius 3 is 2.78 bits per heavy atom. The fourth-order valence-electron chi connectivity index (χ4n) is 3.47. The van der Waals surface area contributed by atoms with Crippen LogP contribution in [0.4, 0.5) is 0 Å². The standard InChI is InChI=1S/C14H27N3O/c1-14(2,13(15)16-18)8-10-17-9-7-11-5-3-4-6-12(11)17/h11-12,18H,3-10H2,1-2H3,(H2,15,16). The third-order valence-electron chi connectivity index (χ3n) is 4.95. The SMILES string of the molecule is CC(C)(CCN1CCC2CCCCC21)C(N)=NO. The van der Waals surface area contributed by atoms with Crippen LogP contribution in [-0.4, -0.2) is 35.1 Å². The van der Waals surface area contributed by atoms with Crippen LogP contribution in [0, 0.1) is 11.3 Å². The van der Waals surface area contributed by atoms with Crippen molar-refractivity contribution >= 4 is 5.84 Å². The quantitative estimate of drug-likeness (QED) is 0.350. The summed E-state index contributed by atoms with van der Waals surface area (Å²) in [4.78, 5) is 2.64. The first kappa shape index (κ1) is 13.7. The van der Waals surface area contributed by atoms with Crippen molar-refractivity contribution in [3.63, 3.8) is 0 Å². The lowest BCUT2D eigenvalue weighted by Crippen LogP contribution is -2.39. The van der Waals surface area contributed by atoms with Gasteiger partial charge in [0.15, 0.2) is 0 Å². The van der Waals surface area contributed by atoms with Crippen molar-refractivity contribution in [3.05, 3.63) is 0 Å². The lowest BCUT2D eigenvalue weighted by atomic mass is 9.84. The summed E-state index contributed by atoms with van der Waals surface area (Å²) in [7, 11) is 0. The molecule has 0 aromatic heterocycles. The van der Waals surface area contributed by atoms with Crippen LogP contribution in [0.15, 0.2) is 5.16 Å². The fourth-order valence-corrected chi connectivity index (χ4v) is 3.47. The number of likely N-dealkylation sites (tertiary alicyclic amines) is 1. The molecule has 0 radical (unpaired) electrons. The molecule has 1 aliphatic carbocycles. The molecule has 2 unspecified atom stereocenters. The first-order valence-corrected chi connectivity index (χ1v) is 7.26. The molecule has 4 nitrogen and oxygen atoms in total. The molecule has 0 bridgehead atoms. The molecule has 1 heterocycles. The van der Waals surface area contributed by atoms with Crippen molar-refractivity contribution in [1.82, 2.24) is 4.90 Å². The van der Waals surface area contributed by atoms with E-state index in [-0.39, 0.29) is 5.41 Å². The Kier molecular flexibility index (Phi) is 4.15. The van der Waals surface area contributed by atoms with Crippen molar-refractivity contribution in [2.45, 2.75) is 58.4 Å². The minimum atomic E-state index is -0.207. The molecule has 1 saturated heterocycles. The summed E-state index contributed by atoms with van der Waals surface area (Å²) in [6.45, 7) is 6.42. The molecule has 2 rings (SSSR count). The number of hydrogen-bond donors (Lipinski definition) is 2. The van der Waals surface area contributed by atoms with E-state index in [1.165, 1.54) is 38.6 Å². The van der Waals surface area contributed by atoms with Gasteiger partial charge in [-0.25, -0.2) is 0 Å². The van der Waals surface area contributed by atoms with Crippen molar-refractivity contribution in [2.24, 2.45) is 22.2 Å². The van der Waals surface area contributed by atoms with Crippen molar-refractivity contribution < 1.29 is 5.21 Å². The minimum Gasteiger partial charge on any atom is -0.409 e. The molecule has 0 amide bonds. The topological polar surface area (TPSA) is 61.8 Å². The zero-order valence-electron chi connectivity index (χ0n) is 11.7. The second kappa shape index (κ2) is 5.47. The van der Waals surface area contributed by atoms with Crippen LogP contribution < -0.4 is 5.73 Å². The van der Waals surface area contributed by atoms with Crippen LogP contribution in [0.2, 0.25) is 0 Å². The van der Waals surface area contributed by atoms with Gasteiger partial charge in [0, 0.05) is 11.5 Å². The first-order chi connectivity index (χ1) is 8.54. The number of oxime groups is 1. The van der Waals surface area contributed by atoms with E-state index in [0.29, 0.717) is 5.84 Å². The second-order valence-corrected chi connectivity index (χ2v) is 6.56. The van der Waals surface area contributed by atoms with Crippen LogP contribution in [0.3, 0.4) is 0 Å². The third-order valence-corrected chi connectivity index (χ3v) is 4.95. The Morgan fingerprint density at radius 2 is 2.06 bits per heavy atom. The molecule has 0 aromatic carbocycles. The zero-order valence-corrected chi connectivity index (χ0v) is 11.7. The van der Waals surface area contributed by atoms with Crippen LogP contribution in [0.25, 0.3) is 0 Å². The zero-order chi connectivity index (χ0) is 13.2. The molecule has 18 heavy (non-hydrogen) atoms. The van der Waals surface area contributed by atoms with Gasteiger partial charge in [-0.2, -0.15) is 0 Å². The first-order valence-electron chi connectivity index (χ1n) is 7.26. The molecule has 2 atom stereocenters. The predicted octanol–water partition coefficient (Wildman–Crippen LogP) is 2.41. The highest BCUT2D eigenvalue weighted by molar-refractivity contribution is 5.85. The maximum Gasteiger partial charge on any atom is 0.144 e. The van der Waals surface area contributed by atoms with Gasteiger partial charge in [-0.15, -0.1) is 0 Å². The van der Waals surface area contributed by atoms with Gasteiger partial charge in [0.1, 0.15) is 5.84 Å². The van der Waals surface area contributed by atoms with Gasteiger partial charge in [0.2, 0.25) is 0 Å². The summed E-state index contributed by atoms with van der Waals surface area (Å²) < 4.78 is 0.